The highest BCUT2D eigenvalue weighted by Gasteiger charge is 2.27. The molecule has 0 saturated heterocycles. The number of amidine groups is 1. The molecule has 3 rings (SSSR count). The highest BCUT2D eigenvalue weighted by atomic mass is 35.5. The van der Waals surface area contributed by atoms with Crippen LogP contribution in [0.3, 0.4) is 0 Å². The van der Waals surface area contributed by atoms with Gasteiger partial charge in [-0.15, -0.1) is 0 Å². The summed E-state index contributed by atoms with van der Waals surface area (Å²) >= 11 is 7.56. The normalized spacial score (nSPS) is 16.6. The van der Waals surface area contributed by atoms with Gasteiger partial charge in [0.05, 0.1) is 12.2 Å². The van der Waals surface area contributed by atoms with E-state index in [0.29, 0.717) is 22.0 Å². The summed E-state index contributed by atoms with van der Waals surface area (Å²) in [6, 6.07) is 14.7. The van der Waals surface area contributed by atoms with Gasteiger partial charge in [-0.2, -0.15) is 0 Å². The Morgan fingerprint density at radius 1 is 1.21 bits per heavy atom. The number of rotatable bonds is 2. The third-order valence-corrected chi connectivity index (χ3v) is 4.90. The van der Waals surface area contributed by atoms with Crippen molar-refractivity contribution in [2.24, 2.45) is 4.99 Å². The zero-order chi connectivity index (χ0) is 17.1. The van der Waals surface area contributed by atoms with Gasteiger partial charge in [0.25, 0.3) is 0 Å². The predicted octanol–water partition coefficient (Wildman–Crippen LogP) is 5.18. The lowest BCUT2D eigenvalue weighted by Gasteiger charge is -2.23. The Bertz CT molecular complexity index is 759. The first-order chi connectivity index (χ1) is 11.5. The maximum absolute atomic E-state index is 12.9. The van der Waals surface area contributed by atoms with Crippen LogP contribution < -0.4 is 10.2 Å². The van der Waals surface area contributed by atoms with E-state index in [1.165, 1.54) is 0 Å². The van der Waals surface area contributed by atoms with E-state index in [0.717, 1.165) is 16.9 Å². The van der Waals surface area contributed by atoms with Crippen molar-refractivity contribution < 1.29 is 4.79 Å². The molecule has 0 spiro atoms. The third-order valence-electron chi connectivity index (χ3n) is 3.57. The Morgan fingerprint density at radius 2 is 1.88 bits per heavy atom. The zero-order valence-corrected chi connectivity index (χ0v) is 15.1. The molecule has 2 amide bonds. The Hall–Kier alpha value is -1.98. The van der Waals surface area contributed by atoms with Crippen LogP contribution in [-0.4, -0.2) is 23.0 Å². The van der Waals surface area contributed by atoms with Gasteiger partial charge < -0.3 is 5.32 Å². The molecule has 1 N–H and O–H groups in total. The SMILES string of the molecule is Cc1ccc(NC(=O)N(C2=NC[C@@H](C)S2)c2ccc(Cl)cc2)cc1. The van der Waals surface area contributed by atoms with E-state index < -0.39 is 0 Å². The molecule has 1 aliphatic rings. The maximum Gasteiger partial charge on any atom is 0.332 e. The van der Waals surface area contributed by atoms with Crippen LogP contribution in [-0.2, 0) is 0 Å². The van der Waals surface area contributed by atoms with Gasteiger partial charge in [-0.05, 0) is 43.3 Å². The molecule has 1 heterocycles. The number of carbonyl (C=O) groups is 1. The molecule has 0 saturated carbocycles. The van der Waals surface area contributed by atoms with E-state index in [2.05, 4.69) is 17.2 Å². The molecule has 124 valence electrons. The number of hydrogen-bond acceptors (Lipinski definition) is 3. The van der Waals surface area contributed by atoms with Gasteiger partial charge in [0.1, 0.15) is 0 Å². The third kappa shape index (κ3) is 3.91. The Labute approximate surface area is 150 Å². The molecule has 1 atom stereocenters. The largest absolute Gasteiger partial charge is 0.332 e. The topological polar surface area (TPSA) is 44.7 Å². The first kappa shape index (κ1) is 16.9. The number of nitrogens with one attached hydrogen (secondary N) is 1. The minimum absolute atomic E-state index is 0.235. The summed E-state index contributed by atoms with van der Waals surface area (Å²) in [5.41, 5.74) is 2.64. The number of amides is 2. The van der Waals surface area contributed by atoms with Crippen molar-refractivity contribution >= 4 is 45.9 Å². The fourth-order valence-electron chi connectivity index (χ4n) is 2.31. The fourth-order valence-corrected chi connectivity index (χ4v) is 3.38. The Kier molecular flexibility index (Phi) is 5.11. The van der Waals surface area contributed by atoms with Gasteiger partial charge in [-0.25, -0.2) is 9.69 Å². The highest BCUT2D eigenvalue weighted by Crippen LogP contribution is 2.28. The number of halogens is 1. The van der Waals surface area contributed by atoms with E-state index in [9.17, 15) is 4.79 Å². The number of urea groups is 1. The van der Waals surface area contributed by atoms with E-state index in [4.69, 9.17) is 11.6 Å². The monoisotopic (exact) mass is 359 g/mol. The second-order valence-electron chi connectivity index (χ2n) is 5.66. The van der Waals surface area contributed by atoms with Gasteiger partial charge in [0.2, 0.25) is 0 Å². The van der Waals surface area contributed by atoms with Crippen molar-refractivity contribution in [3.05, 3.63) is 59.1 Å². The van der Waals surface area contributed by atoms with Crippen LogP contribution in [0.25, 0.3) is 0 Å². The van der Waals surface area contributed by atoms with Crippen LogP contribution in [0.2, 0.25) is 5.02 Å². The molecule has 0 bridgehead atoms. The number of anilines is 2. The van der Waals surface area contributed by atoms with Gasteiger partial charge in [0.15, 0.2) is 5.17 Å². The first-order valence-electron chi connectivity index (χ1n) is 7.67. The molecule has 0 unspecified atom stereocenters. The molecule has 0 radical (unpaired) electrons. The molecular weight excluding hydrogens is 342 g/mol. The molecule has 24 heavy (non-hydrogen) atoms. The first-order valence-corrected chi connectivity index (χ1v) is 8.93. The van der Waals surface area contributed by atoms with Crippen LogP contribution >= 0.6 is 23.4 Å². The Morgan fingerprint density at radius 3 is 2.46 bits per heavy atom. The number of thioether (sulfide) groups is 1. The van der Waals surface area contributed by atoms with Crippen LogP contribution in [0, 0.1) is 6.92 Å². The molecule has 1 aliphatic heterocycles. The minimum atomic E-state index is -0.235. The molecule has 2 aromatic rings. The van der Waals surface area contributed by atoms with Crippen molar-refractivity contribution in [2.45, 2.75) is 19.1 Å². The smallest absolute Gasteiger partial charge is 0.307 e. The number of aryl methyl sites for hydroxylation is 1. The van der Waals surface area contributed by atoms with Crippen molar-refractivity contribution in [3.63, 3.8) is 0 Å². The number of benzene rings is 2. The quantitative estimate of drug-likeness (QED) is 0.803. The summed E-state index contributed by atoms with van der Waals surface area (Å²) in [6.45, 7) is 4.82. The van der Waals surface area contributed by atoms with Crippen molar-refractivity contribution in [2.75, 3.05) is 16.8 Å². The van der Waals surface area contributed by atoms with Gasteiger partial charge >= 0.3 is 6.03 Å². The molecule has 0 aromatic heterocycles. The minimum Gasteiger partial charge on any atom is -0.307 e. The highest BCUT2D eigenvalue weighted by molar-refractivity contribution is 8.15. The summed E-state index contributed by atoms with van der Waals surface area (Å²) in [6.07, 6.45) is 0. The lowest BCUT2D eigenvalue weighted by atomic mass is 10.2. The van der Waals surface area contributed by atoms with Crippen molar-refractivity contribution in [3.8, 4) is 0 Å². The molecule has 2 aromatic carbocycles. The molecule has 0 fully saturated rings. The summed E-state index contributed by atoms with van der Waals surface area (Å²) < 4.78 is 0. The number of aliphatic imine (C=N–C) groups is 1. The molecular formula is C18H18ClN3OS. The lowest BCUT2D eigenvalue weighted by Crippen LogP contribution is -2.38. The van der Waals surface area contributed by atoms with Crippen molar-refractivity contribution in [1.82, 2.24) is 0 Å². The second-order valence-corrected chi connectivity index (χ2v) is 7.50. The van der Waals surface area contributed by atoms with E-state index >= 15 is 0 Å². The van der Waals surface area contributed by atoms with Crippen LogP contribution in [0.5, 0.6) is 0 Å². The number of carbonyl (C=O) groups excluding carboxylic acids is 1. The Balaban J connectivity index is 1.87. The summed E-state index contributed by atoms with van der Waals surface area (Å²) in [5.74, 6) is 0. The molecule has 6 heteroatoms. The number of hydrogen-bond donors (Lipinski definition) is 1. The van der Waals surface area contributed by atoms with Crippen LogP contribution in [0.4, 0.5) is 16.2 Å². The average molecular weight is 360 g/mol. The van der Waals surface area contributed by atoms with Crippen molar-refractivity contribution in [1.29, 1.82) is 0 Å². The zero-order valence-electron chi connectivity index (χ0n) is 13.5. The molecule has 4 nitrogen and oxygen atoms in total. The summed E-state index contributed by atoms with van der Waals surface area (Å²) in [4.78, 5) is 19.0. The van der Waals surface area contributed by atoms with Gasteiger partial charge in [-0.3, -0.25) is 4.99 Å². The lowest BCUT2D eigenvalue weighted by molar-refractivity contribution is 0.259. The summed E-state index contributed by atoms with van der Waals surface area (Å²) in [5, 5.41) is 4.63. The fraction of sp³-hybridized carbons (Fsp3) is 0.222. The maximum atomic E-state index is 12.9. The van der Waals surface area contributed by atoms with E-state index in [1.54, 1.807) is 28.8 Å². The van der Waals surface area contributed by atoms with E-state index in [-0.39, 0.29) is 6.03 Å². The number of nitrogens with zero attached hydrogens (tertiary/aromatic N) is 2. The van der Waals surface area contributed by atoms with Gasteiger partial charge in [0, 0.05) is 16.0 Å². The van der Waals surface area contributed by atoms with Gasteiger partial charge in [-0.1, -0.05) is 48.0 Å². The van der Waals surface area contributed by atoms with Crippen LogP contribution in [0.1, 0.15) is 12.5 Å². The second kappa shape index (κ2) is 7.28. The molecule has 0 aliphatic carbocycles. The standard InChI is InChI=1S/C18H18ClN3OS/c1-12-3-7-15(8-4-12)21-17(23)22(18-20-11-13(2)24-18)16-9-5-14(19)6-10-16/h3-10,13H,11H2,1-2H3,(H,21,23)/t13-/m1/s1. The summed E-state index contributed by atoms with van der Waals surface area (Å²) in [7, 11) is 0. The van der Waals surface area contributed by atoms with Crippen LogP contribution in [0.15, 0.2) is 53.5 Å². The predicted molar refractivity (Wildman–Crippen MR) is 103 cm³/mol. The average Bonchev–Trinajstić information content (AvgIpc) is 2.98. The van der Waals surface area contributed by atoms with E-state index in [1.807, 2.05) is 43.3 Å².